The molecule has 2 unspecified atom stereocenters. The number of amides is 1. The highest BCUT2D eigenvalue weighted by Gasteiger charge is 2.53. The van der Waals surface area contributed by atoms with E-state index < -0.39 is 0 Å². The van der Waals surface area contributed by atoms with Crippen molar-refractivity contribution in [2.24, 2.45) is 0 Å². The van der Waals surface area contributed by atoms with Crippen LogP contribution in [0, 0.1) is 0 Å². The second-order valence-electron chi connectivity index (χ2n) is 9.54. The van der Waals surface area contributed by atoms with Crippen LogP contribution >= 0.6 is 0 Å². The van der Waals surface area contributed by atoms with Crippen LogP contribution in [0.15, 0.2) is 85.2 Å². The van der Waals surface area contributed by atoms with E-state index in [4.69, 9.17) is 0 Å². The highest BCUT2D eigenvalue weighted by molar-refractivity contribution is 5.94. The van der Waals surface area contributed by atoms with Crippen molar-refractivity contribution in [2.75, 3.05) is 20.6 Å². The molecule has 3 aliphatic rings. The van der Waals surface area contributed by atoms with Crippen molar-refractivity contribution in [3.8, 4) is 0 Å². The fourth-order valence-electron chi connectivity index (χ4n) is 6.05. The molecule has 1 aromatic heterocycles. The van der Waals surface area contributed by atoms with Crippen LogP contribution in [0.3, 0.4) is 0 Å². The number of carbonyl (C=O) groups is 1. The van der Waals surface area contributed by atoms with E-state index in [2.05, 4.69) is 89.5 Å². The van der Waals surface area contributed by atoms with Crippen molar-refractivity contribution in [3.05, 3.63) is 102 Å². The minimum atomic E-state index is 0.0570. The van der Waals surface area contributed by atoms with E-state index in [9.17, 15) is 4.79 Å². The third-order valence-corrected chi connectivity index (χ3v) is 7.78. The van der Waals surface area contributed by atoms with E-state index in [1.54, 1.807) is 12.4 Å². The van der Waals surface area contributed by atoms with Crippen LogP contribution in [0.25, 0.3) is 0 Å². The summed E-state index contributed by atoms with van der Waals surface area (Å²) in [5.41, 5.74) is 3.39. The molecule has 2 atom stereocenters. The molecule has 0 N–H and O–H groups in total. The van der Waals surface area contributed by atoms with E-state index >= 15 is 0 Å². The fourth-order valence-corrected chi connectivity index (χ4v) is 6.05. The molecule has 32 heavy (non-hydrogen) atoms. The lowest BCUT2D eigenvalue weighted by Crippen LogP contribution is -2.53. The largest absolute Gasteiger partial charge is 0.334 e. The van der Waals surface area contributed by atoms with Crippen molar-refractivity contribution in [1.29, 1.82) is 0 Å². The number of fused-ring (bicyclic) bond motifs is 4. The van der Waals surface area contributed by atoms with Gasteiger partial charge >= 0.3 is 0 Å². The molecular formula is C28H31N3O. The lowest BCUT2D eigenvalue weighted by atomic mass is 9.63. The number of pyridine rings is 1. The molecule has 2 aliphatic heterocycles. The van der Waals surface area contributed by atoms with Crippen LogP contribution in [0.2, 0.25) is 0 Å². The Bertz CT molecular complexity index is 1000. The Kier molecular flexibility index (Phi) is 5.56. The van der Waals surface area contributed by atoms with Crippen LogP contribution < -0.4 is 0 Å². The Morgan fingerprint density at radius 3 is 2.00 bits per heavy atom. The van der Waals surface area contributed by atoms with Crippen molar-refractivity contribution in [3.63, 3.8) is 0 Å². The molecule has 0 spiro atoms. The Hall–Kier alpha value is -2.98. The first-order chi connectivity index (χ1) is 15.6. The molecule has 3 fully saturated rings. The highest BCUT2D eigenvalue weighted by atomic mass is 16.2. The summed E-state index contributed by atoms with van der Waals surface area (Å²) in [6, 6.07) is 25.5. The van der Waals surface area contributed by atoms with Gasteiger partial charge in [0.25, 0.3) is 5.91 Å². The van der Waals surface area contributed by atoms with Gasteiger partial charge in [-0.15, -0.1) is 0 Å². The standard InChI is InChI=1S/C28H31N3O/c1-30(2)28-15-17-31(27(32)23-14-9-16-29-20-23)26(24(18-28)21-10-5-3-6-11-21)25(19-28)22-12-7-4-8-13-22/h3-14,16,20,24-26H,15,17-19H2,1-2H3. The van der Waals surface area contributed by atoms with Crippen LogP contribution in [0.1, 0.15) is 52.6 Å². The minimum Gasteiger partial charge on any atom is -0.334 e. The Morgan fingerprint density at radius 2 is 1.50 bits per heavy atom. The van der Waals surface area contributed by atoms with E-state index in [1.165, 1.54) is 11.1 Å². The maximum Gasteiger partial charge on any atom is 0.255 e. The summed E-state index contributed by atoms with van der Waals surface area (Å²) in [5, 5.41) is 0. The number of carbonyl (C=O) groups excluding carboxylic acids is 1. The summed E-state index contributed by atoms with van der Waals surface area (Å²) in [6.45, 7) is 0.767. The van der Waals surface area contributed by atoms with Gasteiger partial charge in [-0.2, -0.15) is 0 Å². The minimum absolute atomic E-state index is 0.0570. The van der Waals surface area contributed by atoms with Gasteiger partial charge in [0.2, 0.25) is 0 Å². The first kappa shape index (κ1) is 20.9. The molecule has 3 heterocycles. The van der Waals surface area contributed by atoms with E-state index in [0.717, 1.165) is 25.8 Å². The van der Waals surface area contributed by atoms with Crippen LogP contribution in [-0.2, 0) is 0 Å². The molecule has 4 nitrogen and oxygen atoms in total. The topological polar surface area (TPSA) is 36.4 Å². The number of hydrogen-bond acceptors (Lipinski definition) is 3. The van der Waals surface area contributed by atoms with Gasteiger partial charge in [-0.1, -0.05) is 60.7 Å². The molecule has 1 saturated carbocycles. The predicted octanol–water partition coefficient (Wildman–Crippen LogP) is 4.96. The molecule has 3 aromatic rings. The van der Waals surface area contributed by atoms with Gasteiger partial charge in [-0.3, -0.25) is 9.78 Å². The van der Waals surface area contributed by atoms with Gasteiger partial charge in [-0.05, 0) is 56.6 Å². The van der Waals surface area contributed by atoms with E-state index in [-0.39, 0.29) is 29.3 Å². The molecule has 0 radical (unpaired) electrons. The van der Waals surface area contributed by atoms with Crippen molar-refractivity contribution >= 4 is 5.91 Å². The van der Waals surface area contributed by atoms with E-state index in [0.29, 0.717) is 5.56 Å². The van der Waals surface area contributed by atoms with Gasteiger partial charge in [0.15, 0.2) is 0 Å². The Balaban J connectivity index is 1.67. The molecule has 2 saturated heterocycles. The summed E-state index contributed by atoms with van der Waals surface area (Å²) in [7, 11) is 4.42. The zero-order chi connectivity index (χ0) is 22.1. The number of benzene rings is 2. The molecule has 6 rings (SSSR count). The predicted molar refractivity (Wildman–Crippen MR) is 128 cm³/mol. The maximum absolute atomic E-state index is 13.8. The van der Waals surface area contributed by atoms with Gasteiger partial charge < -0.3 is 9.80 Å². The van der Waals surface area contributed by atoms with Gasteiger partial charge in [-0.25, -0.2) is 0 Å². The zero-order valence-corrected chi connectivity index (χ0v) is 18.9. The molecule has 2 aromatic carbocycles. The van der Waals surface area contributed by atoms with Crippen LogP contribution in [-0.4, -0.2) is 52.9 Å². The first-order valence-electron chi connectivity index (χ1n) is 11.6. The number of rotatable bonds is 4. The number of aromatic nitrogens is 1. The second kappa shape index (κ2) is 8.51. The van der Waals surface area contributed by atoms with Crippen molar-refractivity contribution in [1.82, 2.24) is 14.8 Å². The molecule has 164 valence electrons. The van der Waals surface area contributed by atoms with Crippen molar-refractivity contribution in [2.45, 2.75) is 42.7 Å². The monoisotopic (exact) mass is 425 g/mol. The Labute approximate surface area is 190 Å². The molecule has 2 bridgehead atoms. The normalized spacial score (nSPS) is 27.3. The molecular weight excluding hydrogens is 394 g/mol. The summed E-state index contributed by atoms with van der Waals surface area (Å²) >= 11 is 0. The molecule has 4 heteroatoms. The SMILES string of the molecule is CN(C)C12CCN(C(=O)c3cccnc3)C(C(c3ccccc3)C1)C(c1ccccc1)C2. The average molecular weight is 426 g/mol. The third kappa shape index (κ3) is 3.63. The van der Waals surface area contributed by atoms with Crippen LogP contribution in [0.4, 0.5) is 0 Å². The van der Waals surface area contributed by atoms with Crippen LogP contribution in [0.5, 0.6) is 0 Å². The maximum atomic E-state index is 13.8. The number of nitrogens with zero attached hydrogens (tertiary/aromatic N) is 3. The smallest absolute Gasteiger partial charge is 0.255 e. The summed E-state index contributed by atoms with van der Waals surface area (Å²) in [5.74, 6) is 0.655. The van der Waals surface area contributed by atoms with Gasteiger partial charge in [0.05, 0.1) is 5.56 Å². The molecule has 1 amide bonds. The van der Waals surface area contributed by atoms with E-state index in [1.807, 2.05) is 12.1 Å². The summed E-state index contributed by atoms with van der Waals surface area (Å²) in [6.07, 6.45) is 6.54. The van der Waals surface area contributed by atoms with Gasteiger partial charge in [0, 0.05) is 42.4 Å². The highest BCUT2D eigenvalue weighted by Crippen LogP contribution is 2.53. The molecule has 1 aliphatic carbocycles. The number of hydrogen-bond donors (Lipinski definition) is 0. The Morgan fingerprint density at radius 1 is 0.906 bits per heavy atom. The lowest BCUT2D eigenvalue weighted by molar-refractivity contribution is 0.0523. The first-order valence-corrected chi connectivity index (χ1v) is 11.6. The zero-order valence-electron chi connectivity index (χ0n) is 18.9. The summed E-state index contributed by atoms with van der Waals surface area (Å²) < 4.78 is 0. The summed E-state index contributed by atoms with van der Waals surface area (Å²) in [4.78, 5) is 22.7. The average Bonchev–Trinajstić information content (AvgIpc) is 3.13. The lowest BCUT2D eigenvalue weighted by Gasteiger charge is -2.50. The van der Waals surface area contributed by atoms with Crippen molar-refractivity contribution < 1.29 is 4.79 Å². The quantitative estimate of drug-likeness (QED) is 0.593. The third-order valence-electron chi connectivity index (χ3n) is 7.78. The fraction of sp³-hybridized carbons (Fsp3) is 0.357. The van der Waals surface area contributed by atoms with Gasteiger partial charge in [0.1, 0.15) is 0 Å². The second-order valence-corrected chi connectivity index (χ2v) is 9.54.